The van der Waals surface area contributed by atoms with E-state index in [0.29, 0.717) is 25.1 Å². The number of hydrogen-bond acceptors (Lipinski definition) is 3. The van der Waals surface area contributed by atoms with Crippen molar-refractivity contribution >= 4 is 34.5 Å². The van der Waals surface area contributed by atoms with Crippen LogP contribution in [0.3, 0.4) is 0 Å². The Hall–Kier alpha value is -0.520. The Balaban J connectivity index is 2.23. The highest BCUT2D eigenvalue weighted by Gasteiger charge is 2.34. The molecule has 17 heavy (non-hydrogen) atoms. The van der Waals surface area contributed by atoms with E-state index in [9.17, 15) is 9.90 Å². The highest BCUT2D eigenvalue weighted by molar-refractivity contribution is 9.10. The molecule has 1 aromatic carbocycles. The van der Waals surface area contributed by atoms with Crippen LogP contribution in [0.4, 0.5) is 0 Å². The zero-order chi connectivity index (χ0) is 12.6. The average molecular weight is 316 g/mol. The molecule has 1 saturated heterocycles. The Morgan fingerprint density at radius 3 is 2.88 bits per heavy atom. The molecular weight excluding hydrogens is 302 g/mol. The molecule has 1 aromatic rings. The maximum absolute atomic E-state index is 12.3. The molecule has 1 atom stereocenters. The van der Waals surface area contributed by atoms with E-state index < -0.39 is 5.60 Å². The van der Waals surface area contributed by atoms with E-state index in [1.54, 1.807) is 17.9 Å². The number of benzene rings is 1. The Bertz CT molecular complexity index is 462. The lowest BCUT2D eigenvalue weighted by molar-refractivity contribution is 0.0571. The molecule has 5 heteroatoms. The molecule has 0 bridgehead atoms. The summed E-state index contributed by atoms with van der Waals surface area (Å²) in [6.07, 6.45) is 0.622. The van der Waals surface area contributed by atoms with Crippen molar-refractivity contribution in [3.8, 4) is 0 Å². The van der Waals surface area contributed by atoms with Crippen molar-refractivity contribution in [2.45, 2.75) is 23.8 Å². The van der Waals surface area contributed by atoms with Gasteiger partial charge in [-0.25, -0.2) is 0 Å². The number of hydrogen-bond donors (Lipinski definition) is 2. The molecule has 0 aromatic heterocycles. The SMILES string of the molecule is CC1(O)CCN(C(=O)c2cc(S)ccc2Br)C1. The van der Waals surface area contributed by atoms with Crippen LogP contribution < -0.4 is 0 Å². The molecule has 0 saturated carbocycles. The summed E-state index contributed by atoms with van der Waals surface area (Å²) < 4.78 is 0.756. The van der Waals surface area contributed by atoms with Crippen LogP contribution in [0, 0.1) is 0 Å². The van der Waals surface area contributed by atoms with Gasteiger partial charge in [0.2, 0.25) is 0 Å². The van der Waals surface area contributed by atoms with Crippen molar-refractivity contribution in [2.24, 2.45) is 0 Å². The molecular formula is C12H14BrNO2S. The topological polar surface area (TPSA) is 40.5 Å². The maximum Gasteiger partial charge on any atom is 0.255 e. The molecule has 0 aliphatic carbocycles. The summed E-state index contributed by atoms with van der Waals surface area (Å²) in [5.41, 5.74) is -0.170. The van der Waals surface area contributed by atoms with Gasteiger partial charge in [-0.1, -0.05) is 0 Å². The van der Waals surface area contributed by atoms with E-state index in [0.717, 1.165) is 9.37 Å². The van der Waals surface area contributed by atoms with Crippen molar-refractivity contribution in [3.63, 3.8) is 0 Å². The number of nitrogens with zero attached hydrogens (tertiary/aromatic N) is 1. The van der Waals surface area contributed by atoms with Gasteiger partial charge in [0.1, 0.15) is 0 Å². The molecule has 1 aliphatic heterocycles. The Morgan fingerprint density at radius 2 is 2.29 bits per heavy atom. The first-order chi connectivity index (χ1) is 7.89. The van der Waals surface area contributed by atoms with Crippen LogP contribution in [0.2, 0.25) is 0 Å². The number of amides is 1. The zero-order valence-corrected chi connectivity index (χ0v) is 12.0. The smallest absolute Gasteiger partial charge is 0.255 e. The third-order valence-electron chi connectivity index (χ3n) is 2.92. The van der Waals surface area contributed by atoms with E-state index in [-0.39, 0.29) is 5.91 Å². The number of carbonyl (C=O) groups excluding carboxylic acids is 1. The summed E-state index contributed by atoms with van der Waals surface area (Å²) in [7, 11) is 0. The van der Waals surface area contributed by atoms with Crippen LogP contribution in [-0.4, -0.2) is 34.6 Å². The van der Waals surface area contributed by atoms with E-state index >= 15 is 0 Å². The van der Waals surface area contributed by atoms with Gasteiger partial charge in [0.25, 0.3) is 5.91 Å². The van der Waals surface area contributed by atoms with E-state index in [2.05, 4.69) is 28.6 Å². The number of rotatable bonds is 1. The minimum absolute atomic E-state index is 0.0643. The van der Waals surface area contributed by atoms with E-state index in [1.165, 1.54) is 0 Å². The molecule has 0 spiro atoms. The molecule has 2 rings (SSSR count). The molecule has 1 amide bonds. The van der Waals surface area contributed by atoms with Crippen LogP contribution in [0.1, 0.15) is 23.7 Å². The second-order valence-corrected chi connectivity index (χ2v) is 6.01. The van der Waals surface area contributed by atoms with Crippen molar-refractivity contribution in [3.05, 3.63) is 28.2 Å². The van der Waals surface area contributed by atoms with Gasteiger partial charge in [0.15, 0.2) is 0 Å². The quantitative estimate of drug-likeness (QED) is 0.781. The lowest BCUT2D eigenvalue weighted by atomic mass is 10.1. The standard InChI is InChI=1S/C12H14BrNO2S/c1-12(16)4-5-14(7-12)11(15)9-6-8(17)2-3-10(9)13/h2-3,6,16-17H,4-5,7H2,1H3. The second-order valence-electron chi connectivity index (χ2n) is 4.64. The highest BCUT2D eigenvalue weighted by atomic mass is 79.9. The molecule has 1 N–H and O–H groups in total. The molecule has 92 valence electrons. The summed E-state index contributed by atoms with van der Waals surface area (Å²) in [6.45, 7) is 2.73. The third kappa shape index (κ3) is 2.84. The fraction of sp³-hybridized carbons (Fsp3) is 0.417. The summed E-state index contributed by atoms with van der Waals surface area (Å²) >= 11 is 7.59. The Kier molecular flexibility index (Phi) is 3.52. The molecule has 1 heterocycles. The van der Waals surface area contributed by atoms with Gasteiger partial charge in [-0.05, 0) is 47.5 Å². The Morgan fingerprint density at radius 1 is 1.59 bits per heavy atom. The van der Waals surface area contributed by atoms with Crippen LogP contribution in [0.25, 0.3) is 0 Å². The van der Waals surface area contributed by atoms with E-state index in [1.807, 2.05) is 12.1 Å². The van der Waals surface area contributed by atoms with Crippen molar-refractivity contribution < 1.29 is 9.90 Å². The first kappa shape index (κ1) is 12.9. The van der Waals surface area contributed by atoms with Crippen molar-refractivity contribution in [1.82, 2.24) is 4.90 Å². The normalized spacial score (nSPS) is 24.1. The largest absolute Gasteiger partial charge is 0.388 e. The van der Waals surface area contributed by atoms with Crippen molar-refractivity contribution in [1.29, 1.82) is 0 Å². The van der Waals surface area contributed by atoms with Gasteiger partial charge < -0.3 is 10.0 Å². The predicted octanol–water partition coefficient (Wildman–Crippen LogP) is 2.33. The number of carbonyl (C=O) groups is 1. The monoisotopic (exact) mass is 315 g/mol. The molecule has 1 aliphatic rings. The summed E-state index contributed by atoms with van der Waals surface area (Å²) in [5.74, 6) is -0.0643. The average Bonchev–Trinajstić information content (AvgIpc) is 2.61. The minimum Gasteiger partial charge on any atom is -0.388 e. The van der Waals surface area contributed by atoms with Gasteiger partial charge in [0, 0.05) is 22.5 Å². The first-order valence-corrected chi connectivity index (χ1v) is 6.63. The Labute approximate surface area is 114 Å². The number of likely N-dealkylation sites (tertiary alicyclic amines) is 1. The second kappa shape index (κ2) is 4.63. The molecule has 1 unspecified atom stereocenters. The van der Waals surface area contributed by atoms with E-state index in [4.69, 9.17) is 0 Å². The maximum atomic E-state index is 12.3. The molecule has 3 nitrogen and oxygen atoms in total. The fourth-order valence-electron chi connectivity index (χ4n) is 1.97. The van der Waals surface area contributed by atoms with Gasteiger partial charge in [-0.3, -0.25) is 4.79 Å². The third-order valence-corrected chi connectivity index (χ3v) is 3.89. The first-order valence-electron chi connectivity index (χ1n) is 5.39. The lowest BCUT2D eigenvalue weighted by Gasteiger charge is -2.19. The van der Waals surface area contributed by atoms with Crippen LogP contribution >= 0.6 is 28.6 Å². The van der Waals surface area contributed by atoms with Crippen LogP contribution in [-0.2, 0) is 0 Å². The summed E-state index contributed by atoms with van der Waals surface area (Å²) in [4.78, 5) is 14.7. The van der Waals surface area contributed by atoms with Gasteiger partial charge in [-0.15, -0.1) is 12.6 Å². The number of thiol groups is 1. The number of aliphatic hydroxyl groups is 1. The zero-order valence-electron chi connectivity index (χ0n) is 9.48. The van der Waals surface area contributed by atoms with Gasteiger partial charge >= 0.3 is 0 Å². The fourth-order valence-corrected chi connectivity index (χ4v) is 2.59. The number of β-amino-alcohol motifs (C(OH)–C–C–N with tert-alkyl or cyclic N) is 1. The molecule has 0 radical (unpaired) electrons. The van der Waals surface area contributed by atoms with Crippen LogP contribution in [0.15, 0.2) is 27.6 Å². The van der Waals surface area contributed by atoms with Gasteiger partial charge in [0.05, 0.1) is 11.2 Å². The molecule has 1 fully saturated rings. The lowest BCUT2D eigenvalue weighted by Crippen LogP contribution is -2.34. The highest BCUT2D eigenvalue weighted by Crippen LogP contribution is 2.26. The van der Waals surface area contributed by atoms with Crippen molar-refractivity contribution in [2.75, 3.05) is 13.1 Å². The predicted molar refractivity (Wildman–Crippen MR) is 72.5 cm³/mol. The van der Waals surface area contributed by atoms with Gasteiger partial charge in [-0.2, -0.15) is 0 Å². The minimum atomic E-state index is -0.763. The summed E-state index contributed by atoms with van der Waals surface area (Å²) in [6, 6.07) is 5.37. The number of halogens is 1. The summed E-state index contributed by atoms with van der Waals surface area (Å²) in [5, 5.41) is 9.86. The van der Waals surface area contributed by atoms with Crippen LogP contribution in [0.5, 0.6) is 0 Å².